The van der Waals surface area contributed by atoms with E-state index in [1.54, 1.807) is 0 Å². The van der Waals surface area contributed by atoms with Gasteiger partial charge < -0.3 is 14.6 Å². The molecule has 4 atom stereocenters. The van der Waals surface area contributed by atoms with Gasteiger partial charge in [-0.3, -0.25) is 5.32 Å². The molecule has 0 spiro atoms. The molecule has 12 rings (SSSR count). The highest BCUT2D eigenvalue weighted by Crippen LogP contribution is 2.46. The van der Waals surface area contributed by atoms with Crippen LogP contribution < -0.4 is 15.4 Å². The maximum absolute atomic E-state index is 6.69. The average molecular weight is 755 g/mol. The van der Waals surface area contributed by atoms with Crippen LogP contribution in [-0.2, 0) is 6.42 Å². The van der Waals surface area contributed by atoms with E-state index in [9.17, 15) is 0 Å². The Morgan fingerprint density at radius 1 is 0.737 bits per heavy atom. The SMILES string of the molecule is C1=Cc2c(c3ccccc3n2-c2ccc3sc4c(C5=CC6Oc7ccc(C8=NC(c9ccccc9)NC(c9ccccc9)N8)cc7C6C=C5)cccc4c3c2)CC1. The van der Waals surface area contributed by atoms with Crippen molar-refractivity contribution in [2.75, 3.05) is 0 Å². The topological polar surface area (TPSA) is 50.6 Å². The minimum absolute atomic E-state index is 0.0789. The van der Waals surface area contributed by atoms with Crippen LogP contribution in [0.1, 0.15) is 63.7 Å². The lowest BCUT2D eigenvalue weighted by molar-refractivity contribution is 0.269. The van der Waals surface area contributed by atoms with Crippen molar-refractivity contribution in [3.63, 3.8) is 0 Å². The number of benzene rings is 6. The van der Waals surface area contributed by atoms with Crippen molar-refractivity contribution in [3.8, 4) is 11.4 Å². The van der Waals surface area contributed by atoms with Crippen LogP contribution in [0.25, 0.3) is 48.4 Å². The van der Waals surface area contributed by atoms with Crippen LogP contribution in [0.5, 0.6) is 5.75 Å². The minimum atomic E-state index is -0.176. The number of para-hydroxylation sites is 1. The van der Waals surface area contributed by atoms with Gasteiger partial charge in [-0.25, -0.2) is 4.99 Å². The molecule has 2 aliphatic carbocycles. The molecule has 4 heterocycles. The first-order chi connectivity index (χ1) is 28.2. The highest BCUT2D eigenvalue weighted by Gasteiger charge is 2.35. The van der Waals surface area contributed by atoms with Crippen LogP contribution >= 0.6 is 11.3 Å². The lowest BCUT2D eigenvalue weighted by Crippen LogP contribution is -2.44. The number of allylic oxidation sites excluding steroid dienone is 3. The molecule has 2 aliphatic heterocycles. The second-order valence-corrected chi connectivity index (χ2v) is 16.5. The third-order valence-electron chi connectivity index (χ3n) is 12.1. The fraction of sp³-hybridized carbons (Fsp3) is 0.118. The van der Waals surface area contributed by atoms with E-state index in [0.29, 0.717) is 0 Å². The Morgan fingerprint density at radius 3 is 2.46 bits per heavy atom. The van der Waals surface area contributed by atoms with E-state index in [1.807, 2.05) is 17.4 Å². The first-order valence-electron chi connectivity index (χ1n) is 19.9. The Morgan fingerprint density at radius 2 is 1.56 bits per heavy atom. The summed E-state index contributed by atoms with van der Waals surface area (Å²) in [5, 5.41) is 11.4. The molecule has 2 aromatic heterocycles. The van der Waals surface area contributed by atoms with Gasteiger partial charge in [0.05, 0.1) is 5.52 Å². The van der Waals surface area contributed by atoms with Gasteiger partial charge in [0, 0.05) is 54.0 Å². The summed E-state index contributed by atoms with van der Waals surface area (Å²) in [6.45, 7) is 0. The zero-order chi connectivity index (χ0) is 37.5. The van der Waals surface area contributed by atoms with Crippen LogP contribution in [0.3, 0.4) is 0 Å². The summed E-state index contributed by atoms with van der Waals surface area (Å²) >= 11 is 1.88. The number of rotatable bonds is 5. The smallest absolute Gasteiger partial charge is 0.131 e. The van der Waals surface area contributed by atoms with Crippen molar-refractivity contribution in [2.45, 2.75) is 37.2 Å². The van der Waals surface area contributed by atoms with Gasteiger partial charge >= 0.3 is 0 Å². The number of ether oxygens (including phenoxy) is 1. The number of hydrogen-bond donors (Lipinski definition) is 2. The first-order valence-corrected chi connectivity index (χ1v) is 20.7. The fourth-order valence-corrected chi connectivity index (χ4v) is 10.6. The molecular weight excluding hydrogens is 717 g/mol. The maximum Gasteiger partial charge on any atom is 0.131 e. The Labute approximate surface area is 335 Å². The number of thiophene rings is 1. The van der Waals surface area contributed by atoms with Crippen molar-refractivity contribution in [3.05, 3.63) is 203 Å². The summed E-state index contributed by atoms with van der Waals surface area (Å²) in [7, 11) is 0. The van der Waals surface area contributed by atoms with Gasteiger partial charge in [-0.2, -0.15) is 0 Å². The van der Waals surface area contributed by atoms with Crippen molar-refractivity contribution in [2.24, 2.45) is 4.99 Å². The first kappa shape index (κ1) is 32.7. The van der Waals surface area contributed by atoms with E-state index in [0.717, 1.165) is 35.6 Å². The van der Waals surface area contributed by atoms with E-state index in [4.69, 9.17) is 9.73 Å². The highest BCUT2D eigenvalue weighted by molar-refractivity contribution is 7.26. The monoisotopic (exact) mass is 754 g/mol. The molecule has 0 fully saturated rings. The largest absolute Gasteiger partial charge is 0.485 e. The molecule has 4 unspecified atom stereocenters. The van der Waals surface area contributed by atoms with Crippen LogP contribution in [0.15, 0.2) is 169 Å². The summed E-state index contributed by atoms with van der Waals surface area (Å²) in [4.78, 5) is 5.20. The number of amidine groups is 1. The maximum atomic E-state index is 6.69. The molecule has 0 amide bonds. The molecule has 5 nitrogen and oxygen atoms in total. The number of fused-ring (bicyclic) bond motifs is 9. The zero-order valence-corrected chi connectivity index (χ0v) is 31.9. The van der Waals surface area contributed by atoms with Gasteiger partial charge in [-0.1, -0.05) is 115 Å². The van der Waals surface area contributed by atoms with Crippen molar-refractivity contribution in [1.29, 1.82) is 0 Å². The summed E-state index contributed by atoms with van der Waals surface area (Å²) < 4.78 is 11.8. The third kappa shape index (κ3) is 5.36. The quantitative estimate of drug-likeness (QED) is 0.184. The van der Waals surface area contributed by atoms with Crippen LogP contribution in [0, 0.1) is 0 Å². The minimum Gasteiger partial charge on any atom is -0.485 e. The van der Waals surface area contributed by atoms with Gasteiger partial charge in [-0.05, 0) is 95.3 Å². The third-order valence-corrected chi connectivity index (χ3v) is 13.3. The van der Waals surface area contributed by atoms with Gasteiger partial charge in [0.2, 0.25) is 0 Å². The predicted molar refractivity (Wildman–Crippen MR) is 235 cm³/mol. The summed E-state index contributed by atoms with van der Waals surface area (Å²) in [6, 6.07) is 50.1. The van der Waals surface area contributed by atoms with Gasteiger partial charge in [-0.15, -0.1) is 11.3 Å². The molecule has 57 heavy (non-hydrogen) atoms. The number of aryl methyl sites for hydroxylation is 1. The van der Waals surface area contributed by atoms with Gasteiger partial charge in [0.25, 0.3) is 0 Å². The summed E-state index contributed by atoms with van der Waals surface area (Å²) in [5.74, 6) is 1.94. The lowest BCUT2D eigenvalue weighted by atomic mass is 9.86. The van der Waals surface area contributed by atoms with Crippen LogP contribution in [0.2, 0.25) is 0 Å². The molecule has 0 saturated heterocycles. The molecule has 274 valence electrons. The van der Waals surface area contributed by atoms with E-state index in [2.05, 4.69) is 179 Å². The molecule has 6 aromatic carbocycles. The van der Waals surface area contributed by atoms with Crippen molar-refractivity contribution < 1.29 is 4.74 Å². The Kier molecular flexibility index (Phi) is 7.50. The zero-order valence-electron chi connectivity index (χ0n) is 31.1. The van der Waals surface area contributed by atoms with E-state index in [1.165, 1.54) is 70.3 Å². The fourth-order valence-electron chi connectivity index (χ4n) is 9.38. The number of aliphatic imine (C=N–C) groups is 1. The summed E-state index contributed by atoms with van der Waals surface area (Å²) in [6.07, 6.45) is 13.4. The van der Waals surface area contributed by atoms with Crippen LogP contribution in [-0.4, -0.2) is 16.5 Å². The van der Waals surface area contributed by atoms with Crippen molar-refractivity contribution in [1.82, 2.24) is 15.2 Å². The van der Waals surface area contributed by atoms with Gasteiger partial charge in [0.15, 0.2) is 0 Å². The molecule has 4 aliphatic rings. The molecule has 0 radical (unpaired) electrons. The number of hydrogen-bond acceptors (Lipinski definition) is 5. The van der Waals surface area contributed by atoms with E-state index in [-0.39, 0.29) is 24.4 Å². The number of nitrogens with zero attached hydrogens (tertiary/aromatic N) is 2. The number of nitrogens with one attached hydrogen (secondary N) is 2. The van der Waals surface area contributed by atoms with E-state index >= 15 is 0 Å². The molecule has 0 bridgehead atoms. The number of aromatic nitrogens is 1. The molecular formula is C51H38N4OS. The van der Waals surface area contributed by atoms with Crippen LogP contribution in [0.4, 0.5) is 0 Å². The molecule has 6 heteroatoms. The Hall–Kier alpha value is -6.47. The second-order valence-electron chi connectivity index (χ2n) is 15.4. The summed E-state index contributed by atoms with van der Waals surface area (Å²) in [5.41, 5.74) is 12.3. The van der Waals surface area contributed by atoms with E-state index < -0.39 is 0 Å². The predicted octanol–water partition coefficient (Wildman–Crippen LogP) is 11.8. The second kappa shape index (κ2) is 13.1. The van der Waals surface area contributed by atoms with Crippen molar-refractivity contribution >= 4 is 59.9 Å². The standard InChI is InChI=1S/C51H38N4OS/c1-3-12-31(13-4-1)49-52-50(32-14-5-2-6-15-32)54-51(53-49)34-23-26-45-41(28-34)39-25-22-33(29-46(39)56-45)36-18-11-19-40-42-30-35(24-27-47(42)57-48(36)40)55-43-20-9-7-16-37(43)38-17-8-10-21-44(38)55/h1-7,9-16,18-30,39,46,49-50,52H,8,17H2,(H,53,54). The molecule has 2 N–H and O–H groups in total. The molecule has 8 aromatic rings. The average Bonchev–Trinajstić information content (AvgIpc) is 3.95. The lowest BCUT2D eigenvalue weighted by Gasteiger charge is -2.32. The Balaban J connectivity index is 0.874. The normalized spacial score (nSPS) is 20.8. The molecule has 0 saturated carbocycles. The highest BCUT2D eigenvalue weighted by atomic mass is 32.1. The Bertz CT molecular complexity index is 3020. The van der Waals surface area contributed by atoms with Gasteiger partial charge in [0.1, 0.15) is 30.0 Å².